The molecular weight excluding hydrogens is 200 g/mol. The summed E-state index contributed by atoms with van der Waals surface area (Å²) in [7, 11) is 1.73. The first kappa shape index (κ1) is 13.1. The summed E-state index contributed by atoms with van der Waals surface area (Å²) in [6, 6.07) is 4.45. The number of aromatic nitrogens is 1. The summed E-state index contributed by atoms with van der Waals surface area (Å²) in [6.07, 6.45) is 1.12. The van der Waals surface area contributed by atoms with E-state index in [0.717, 1.165) is 24.4 Å². The normalized spacial score (nSPS) is 12.8. The van der Waals surface area contributed by atoms with E-state index in [9.17, 15) is 0 Å². The van der Waals surface area contributed by atoms with Gasteiger partial charge in [0.2, 0.25) is 0 Å². The third-order valence-corrected chi connectivity index (χ3v) is 2.62. The molecule has 1 heterocycles. The van der Waals surface area contributed by atoms with Gasteiger partial charge in [0.05, 0.1) is 12.6 Å². The summed E-state index contributed by atoms with van der Waals surface area (Å²) in [5.41, 5.74) is 3.39. The van der Waals surface area contributed by atoms with E-state index in [0.29, 0.717) is 6.61 Å². The average molecular weight is 222 g/mol. The molecule has 0 aliphatic carbocycles. The monoisotopic (exact) mass is 222 g/mol. The Morgan fingerprint density at radius 2 is 2.12 bits per heavy atom. The molecule has 0 saturated heterocycles. The highest BCUT2D eigenvalue weighted by atomic mass is 16.5. The molecule has 0 spiro atoms. The van der Waals surface area contributed by atoms with Gasteiger partial charge in [-0.3, -0.25) is 4.98 Å². The average Bonchev–Trinajstić information content (AvgIpc) is 2.25. The maximum absolute atomic E-state index is 5.25. The van der Waals surface area contributed by atoms with Gasteiger partial charge in [-0.15, -0.1) is 0 Å². The van der Waals surface area contributed by atoms with Crippen molar-refractivity contribution in [2.24, 2.45) is 0 Å². The number of nitrogens with zero attached hydrogens (tertiary/aromatic N) is 1. The van der Waals surface area contributed by atoms with Crippen LogP contribution >= 0.6 is 0 Å². The number of nitrogens with one attached hydrogen (secondary N) is 1. The highest BCUT2D eigenvalue weighted by molar-refractivity contribution is 5.25. The van der Waals surface area contributed by atoms with E-state index >= 15 is 0 Å². The van der Waals surface area contributed by atoms with Gasteiger partial charge in [-0.2, -0.15) is 0 Å². The lowest BCUT2D eigenvalue weighted by molar-refractivity contribution is 0.166. The molecule has 90 valence electrons. The van der Waals surface area contributed by atoms with E-state index in [4.69, 9.17) is 4.74 Å². The van der Waals surface area contributed by atoms with Gasteiger partial charge in [0, 0.05) is 18.5 Å². The van der Waals surface area contributed by atoms with Crippen LogP contribution < -0.4 is 5.32 Å². The van der Waals surface area contributed by atoms with Gasteiger partial charge < -0.3 is 10.1 Å². The third-order valence-electron chi connectivity index (χ3n) is 2.62. The highest BCUT2D eigenvalue weighted by Crippen LogP contribution is 2.17. The van der Waals surface area contributed by atoms with E-state index in [1.165, 1.54) is 5.56 Å². The minimum atomic E-state index is 0.248. The zero-order valence-electron chi connectivity index (χ0n) is 10.7. The van der Waals surface area contributed by atoms with Gasteiger partial charge in [0.25, 0.3) is 0 Å². The van der Waals surface area contributed by atoms with Crippen LogP contribution in [0.4, 0.5) is 0 Å². The topological polar surface area (TPSA) is 34.1 Å². The first-order valence-electron chi connectivity index (χ1n) is 5.85. The van der Waals surface area contributed by atoms with E-state index in [-0.39, 0.29) is 6.04 Å². The number of rotatable bonds is 6. The van der Waals surface area contributed by atoms with Crippen molar-refractivity contribution in [1.82, 2.24) is 10.3 Å². The second-order valence-electron chi connectivity index (χ2n) is 4.09. The highest BCUT2D eigenvalue weighted by Gasteiger charge is 2.13. The minimum absolute atomic E-state index is 0.248. The van der Waals surface area contributed by atoms with Crippen LogP contribution in [0, 0.1) is 13.8 Å². The summed E-state index contributed by atoms with van der Waals surface area (Å²) < 4.78 is 5.25. The van der Waals surface area contributed by atoms with Gasteiger partial charge >= 0.3 is 0 Å². The van der Waals surface area contributed by atoms with Gasteiger partial charge in [0.15, 0.2) is 0 Å². The molecule has 0 bridgehead atoms. The molecule has 3 heteroatoms. The van der Waals surface area contributed by atoms with Crippen LogP contribution in [0.2, 0.25) is 0 Å². The molecular formula is C13H22N2O. The van der Waals surface area contributed by atoms with E-state index < -0.39 is 0 Å². The summed E-state index contributed by atoms with van der Waals surface area (Å²) >= 11 is 0. The van der Waals surface area contributed by atoms with Crippen molar-refractivity contribution in [3.05, 3.63) is 29.1 Å². The Morgan fingerprint density at radius 3 is 2.69 bits per heavy atom. The van der Waals surface area contributed by atoms with Crippen LogP contribution in [0.3, 0.4) is 0 Å². The largest absolute Gasteiger partial charge is 0.383 e. The first-order valence-corrected chi connectivity index (χ1v) is 5.85. The molecule has 1 aromatic rings. The number of methoxy groups -OCH3 is 1. The van der Waals surface area contributed by atoms with Crippen LogP contribution in [0.25, 0.3) is 0 Å². The molecule has 0 fully saturated rings. The molecule has 0 radical (unpaired) electrons. The standard InChI is InChI=1S/C13H22N2O/c1-5-8-14-13(9-16-4)12-7-6-10(2)15-11(12)3/h6-7,13-14H,5,8-9H2,1-4H3. The van der Waals surface area contributed by atoms with Gasteiger partial charge in [-0.05, 0) is 38.4 Å². The van der Waals surface area contributed by atoms with E-state index in [1.807, 2.05) is 6.92 Å². The minimum Gasteiger partial charge on any atom is -0.383 e. The summed E-state index contributed by atoms with van der Waals surface area (Å²) in [5.74, 6) is 0. The van der Waals surface area contributed by atoms with Gasteiger partial charge in [-0.1, -0.05) is 13.0 Å². The number of pyridine rings is 1. The Morgan fingerprint density at radius 1 is 1.38 bits per heavy atom. The fourth-order valence-electron chi connectivity index (χ4n) is 1.81. The molecule has 1 N–H and O–H groups in total. The Kier molecular flexibility index (Phi) is 5.43. The van der Waals surface area contributed by atoms with Crippen molar-refractivity contribution in [1.29, 1.82) is 0 Å². The molecule has 0 aliphatic rings. The summed E-state index contributed by atoms with van der Waals surface area (Å²) in [6.45, 7) is 7.92. The molecule has 1 atom stereocenters. The zero-order valence-corrected chi connectivity index (χ0v) is 10.7. The van der Waals surface area contributed by atoms with Crippen LogP contribution in [0.1, 0.15) is 36.3 Å². The SMILES string of the molecule is CCCNC(COC)c1ccc(C)nc1C. The maximum Gasteiger partial charge on any atom is 0.0658 e. The Hall–Kier alpha value is -0.930. The van der Waals surface area contributed by atoms with Crippen molar-refractivity contribution < 1.29 is 4.74 Å². The molecule has 0 saturated carbocycles. The van der Waals surface area contributed by atoms with Gasteiger partial charge in [-0.25, -0.2) is 0 Å². The van der Waals surface area contributed by atoms with Crippen LogP contribution in [0.5, 0.6) is 0 Å². The molecule has 0 aliphatic heterocycles. The first-order chi connectivity index (χ1) is 7.69. The van der Waals surface area contributed by atoms with E-state index in [2.05, 4.69) is 36.3 Å². The second-order valence-corrected chi connectivity index (χ2v) is 4.09. The molecule has 1 aromatic heterocycles. The number of aryl methyl sites for hydroxylation is 2. The van der Waals surface area contributed by atoms with Crippen molar-refractivity contribution in [2.45, 2.75) is 33.2 Å². The number of ether oxygens (including phenoxy) is 1. The van der Waals surface area contributed by atoms with Crippen LogP contribution in [0.15, 0.2) is 12.1 Å². The Balaban J connectivity index is 2.82. The fourth-order valence-corrected chi connectivity index (χ4v) is 1.81. The summed E-state index contributed by atoms with van der Waals surface area (Å²) in [5, 5.41) is 3.48. The van der Waals surface area contributed by atoms with Crippen molar-refractivity contribution in [3.8, 4) is 0 Å². The second kappa shape index (κ2) is 6.61. The molecule has 1 rings (SSSR count). The lowest BCUT2D eigenvalue weighted by atomic mass is 10.1. The van der Waals surface area contributed by atoms with Crippen LogP contribution in [-0.4, -0.2) is 25.2 Å². The zero-order chi connectivity index (χ0) is 12.0. The van der Waals surface area contributed by atoms with E-state index in [1.54, 1.807) is 7.11 Å². The lowest BCUT2D eigenvalue weighted by Crippen LogP contribution is -2.26. The predicted molar refractivity (Wildman–Crippen MR) is 66.6 cm³/mol. The maximum atomic E-state index is 5.25. The Bertz CT molecular complexity index is 326. The summed E-state index contributed by atoms with van der Waals surface area (Å²) in [4.78, 5) is 4.49. The van der Waals surface area contributed by atoms with Gasteiger partial charge in [0.1, 0.15) is 0 Å². The lowest BCUT2D eigenvalue weighted by Gasteiger charge is -2.19. The molecule has 0 aromatic carbocycles. The van der Waals surface area contributed by atoms with Crippen molar-refractivity contribution in [2.75, 3.05) is 20.3 Å². The molecule has 1 unspecified atom stereocenters. The quantitative estimate of drug-likeness (QED) is 0.802. The molecule has 16 heavy (non-hydrogen) atoms. The van der Waals surface area contributed by atoms with Crippen LogP contribution in [-0.2, 0) is 4.74 Å². The fraction of sp³-hybridized carbons (Fsp3) is 0.615. The molecule has 3 nitrogen and oxygen atoms in total. The smallest absolute Gasteiger partial charge is 0.0658 e. The predicted octanol–water partition coefficient (Wildman–Crippen LogP) is 2.39. The number of hydrogen-bond donors (Lipinski definition) is 1. The molecule has 0 amide bonds. The Labute approximate surface area is 98.2 Å². The van der Waals surface area contributed by atoms with Crippen molar-refractivity contribution >= 4 is 0 Å². The third kappa shape index (κ3) is 3.58. The van der Waals surface area contributed by atoms with Crippen molar-refractivity contribution in [3.63, 3.8) is 0 Å². The number of hydrogen-bond acceptors (Lipinski definition) is 3.